The first-order chi connectivity index (χ1) is 9.71. The van der Waals surface area contributed by atoms with E-state index in [-0.39, 0.29) is 0 Å². The van der Waals surface area contributed by atoms with Gasteiger partial charge >= 0.3 is 0 Å². The fourth-order valence-corrected chi connectivity index (χ4v) is 5.11. The van der Waals surface area contributed by atoms with Crippen molar-refractivity contribution in [1.82, 2.24) is 10.2 Å². The molecular weight excluding hydrogens is 244 g/mol. The Morgan fingerprint density at radius 2 is 1.85 bits per heavy atom. The Hall–Kier alpha value is -0.0800. The monoisotopic (exact) mass is 278 g/mol. The minimum absolute atomic E-state index is 0.723. The average Bonchev–Trinajstić information content (AvgIpc) is 2.47. The van der Waals surface area contributed by atoms with E-state index in [1.165, 1.54) is 77.4 Å². The van der Waals surface area contributed by atoms with Crippen molar-refractivity contribution in [1.29, 1.82) is 0 Å². The van der Waals surface area contributed by atoms with Crippen LogP contribution >= 0.6 is 0 Å². The van der Waals surface area contributed by atoms with E-state index in [4.69, 9.17) is 0 Å². The standard InChI is InChI=1S/C18H34N2/c1-15(2)20(14-16-7-6-12-19-13-16)17-8-11-18(17)9-4-3-5-10-18/h15-17,19H,3-14H2,1-2H3. The van der Waals surface area contributed by atoms with E-state index in [0.717, 1.165) is 23.4 Å². The van der Waals surface area contributed by atoms with Gasteiger partial charge < -0.3 is 5.32 Å². The summed E-state index contributed by atoms with van der Waals surface area (Å²) in [5, 5.41) is 3.60. The molecule has 1 aliphatic heterocycles. The first-order valence-electron chi connectivity index (χ1n) is 9.18. The van der Waals surface area contributed by atoms with Gasteiger partial charge in [-0.25, -0.2) is 0 Å². The summed E-state index contributed by atoms with van der Waals surface area (Å²) in [5.41, 5.74) is 0.727. The van der Waals surface area contributed by atoms with Gasteiger partial charge in [-0.2, -0.15) is 0 Å². The third-order valence-electron chi connectivity index (χ3n) is 6.40. The quantitative estimate of drug-likeness (QED) is 0.841. The molecule has 3 fully saturated rings. The first-order valence-corrected chi connectivity index (χ1v) is 9.18. The van der Waals surface area contributed by atoms with E-state index in [1.54, 1.807) is 0 Å². The minimum atomic E-state index is 0.723. The molecule has 1 saturated heterocycles. The maximum absolute atomic E-state index is 3.60. The largest absolute Gasteiger partial charge is 0.316 e. The Labute approximate surface area is 125 Å². The number of hydrogen-bond acceptors (Lipinski definition) is 2. The second-order valence-corrected chi connectivity index (χ2v) is 7.98. The molecule has 2 heteroatoms. The molecule has 0 amide bonds. The molecule has 1 heterocycles. The van der Waals surface area contributed by atoms with Gasteiger partial charge in [0.15, 0.2) is 0 Å². The van der Waals surface area contributed by atoms with Crippen LogP contribution in [0.2, 0.25) is 0 Å². The molecule has 3 rings (SSSR count). The van der Waals surface area contributed by atoms with Gasteiger partial charge in [0, 0.05) is 18.6 Å². The van der Waals surface area contributed by atoms with Crippen molar-refractivity contribution < 1.29 is 0 Å². The highest BCUT2D eigenvalue weighted by Gasteiger charge is 2.49. The predicted octanol–water partition coefficient (Wildman–Crippen LogP) is 3.81. The summed E-state index contributed by atoms with van der Waals surface area (Å²) in [6.45, 7) is 8.68. The molecule has 2 unspecified atom stereocenters. The lowest BCUT2D eigenvalue weighted by Crippen LogP contribution is -2.59. The summed E-state index contributed by atoms with van der Waals surface area (Å²) >= 11 is 0. The zero-order valence-corrected chi connectivity index (χ0v) is 13.7. The molecule has 1 spiro atoms. The lowest BCUT2D eigenvalue weighted by atomic mass is 9.56. The Balaban J connectivity index is 1.64. The number of nitrogens with zero attached hydrogens (tertiary/aromatic N) is 1. The van der Waals surface area contributed by atoms with Crippen LogP contribution in [0.15, 0.2) is 0 Å². The van der Waals surface area contributed by atoms with Crippen LogP contribution in [0.4, 0.5) is 0 Å². The van der Waals surface area contributed by atoms with Gasteiger partial charge in [-0.1, -0.05) is 19.3 Å². The van der Waals surface area contributed by atoms with Crippen LogP contribution in [0.25, 0.3) is 0 Å². The van der Waals surface area contributed by atoms with Crippen LogP contribution in [0.5, 0.6) is 0 Å². The highest BCUT2D eigenvalue weighted by Crippen LogP contribution is 2.54. The number of nitrogens with one attached hydrogen (secondary N) is 1. The summed E-state index contributed by atoms with van der Waals surface area (Å²) in [6, 6.07) is 1.63. The molecule has 0 aromatic heterocycles. The average molecular weight is 278 g/mol. The zero-order chi connectivity index (χ0) is 14.0. The smallest absolute Gasteiger partial charge is 0.0155 e. The van der Waals surface area contributed by atoms with Crippen molar-refractivity contribution >= 4 is 0 Å². The lowest BCUT2D eigenvalue weighted by molar-refractivity contribution is -0.0720. The number of rotatable bonds is 4. The number of piperidine rings is 1. The van der Waals surface area contributed by atoms with Gasteiger partial charge in [-0.3, -0.25) is 4.90 Å². The predicted molar refractivity (Wildman–Crippen MR) is 86.0 cm³/mol. The summed E-state index contributed by atoms with van der Waals surface area (Å²) < 4.78 is 0. The van der Waals surface area contributed by atoms with Crippen LogP contribution in [-0.4, -0.2) is 36.6 Å². The Kier molecular flexibility index (Phi) is 4.72. The van der Waals surface area contributed by atoms with Crippen molar-refractivity contribution in [3.8, 4) is 0 Å². The molecule has 0 radical (unpaired) electrons. The van der Waals surface area contributed by atoms with E-state index in [2.05, 4.69) is 24.1 Å². The van der Waals surface area contributed by atoms with Gasteiger partial charge in [0.1, 0.15) is 0 Å². The third kappa shape index (κ3) is 2.92. The van der Waals surface area contributed by atoms with Gasteiger partial charge in [-0.05, 0) is 76.8 Å². The SMILES string of the molecule is CC(C)N(CC1CCCNC1)C1CCC12CCCCC2. The van der Waals surface area contributed by atoms with Crippen molar-refractivity contribution in [2.45, 2.75) is 83.7 Å². The molecule has 2 atom stereocenters. The van der Waals surface area contributed by atoms with E-state index in [1.807, 2.05) is 0 Å². The Morgan fingerprint density at radius 1 is 1.05 bits per heavy atom. The second kappa shape index (κ2) is 6.36. The minimum Gasteiger partial charge on any atom is -0.316 e. The lowest BCUT2D eigenvalue weighted by Gasteiger charge is -2.58. The third-order valence-corrected chi connectivity index (χ3v) is 6.40. The van der Waals surface area contributed by atoms with Gasteiger partial charge in [0.05, 0.1) is 0 Å². The highest BCUT2D eigenvalue weighted by atomic mass is 15.2. The molecule has 0 aromatic rings. The molecule has 3 aliphatic rings. The maximum Gasteiger partial charge on any atom is 0.0155 e. The normalized spacial score (nSPS) is 33.6. The summed E-state index contributed by atoms with van der Waals surface area (Å²) in [4.78, 5) is 2.90. The number of hydrogen-bond donors (Lipinski definition) is 1. The van der Waals surface area contributed by atoms with Crippen molar-refractivity contribution in [3.63, 3.8) is 0 Å². The summed E-state index contributed by atoms with van der Waals surface area (Å²) in [6.07, 6.45) is 13.3. The molecule has 2 nitrogen and oxygen atoms in total. The molecular formula is C18H34N2. The molecule has 1 N–H and O–H groups in total. The van der Waals surface area contributed by atoms with Crippen LogP contribution in [0.1, 0.15) is 71.6 Å². The molecule has 0 bridgehead atoms. The fourth-order valence-electron chi connectivity index (χ4n) is 5.11. The molecule has 20 heavy (non-hydrogen) atoms. The van der Waals surface area contributed by atoms with Crippen LogP contribution in [-0.2, 0) is 0 Å². The topological polar surface area (TPSA) is 15.3 Å². The summed E-state index contributed by atoms with van der Waals surface area (Å²) in [5.74, 6) is 0.896. The molecule has 0 aromatic carbocycles. The van der Waals surface area contributed by atoms with Gasteiger partial charge in [0.2, 0.25) is 0 Å². The Bertz CT molecular complexity index is 301. The van der Waals surface area contributed by atoms with E-state index < -0.39 is 0 Å². The van der Waals surface area contributed by atoms with Crippen LogP contribution in [0, 0.1) is 11.3 Å². The molecule has 2 aliphatic carbocycles. The van der Waals surface area contributed by atoms with Crippen molar-refractivity contribution in [3.05, 3.63) is 0 Å². The maximum atomic E-state index is 3.60. The molecule has 116 valence electrons. The van der Waals surface area contributed by atoms with E-state index >= 15 is 0 Å². The van der Waals surface area contributed by atoms with Gasteiger partial charge in [-0.15, -0.1) is 0 Å². The fraction of sp³-hybridized carbons (Fsp3) is 1.00. The van der Waals surface area contributed by atoms with Crippen molar-refractivity contribution in [2.24, 2.45) is 11.3 Å². The Morgan fingerprint density at radius 3 is 2.40 bits per heavy atom. The van der Waals surface area contributed by atoms with E-state index in [0.29, 0.717) is 0 Å². The van der Waals surface area contributed by atoms with Crippen LogP contribution < -0.4 is 5.32 Å². The first kappa shape index (κ1) is 14.8. The molecule has 2 saturated carbocycles. The van der Waals surface area contributed by atoms with Crippen LogP contribution in [0.3, 0.4) is 0 Å². The van der Waals surface area contributed by atoms with Gasteiger partial charge in [0.25, 0.3) is 0 Å². The summed E-state index contributed by atoms with van der Waals surface area (Å²) in [7, 11) is 0. The van der Waals surface area contributed by atoms with Crippen molar-refractivity contribution in [2.75, 3.05) is 19.6 Å². The highest BCUT2D eigenvalue weighted by molar-refractivity contribution is 5.03. The zero-order valence-electron chi connectivity index (χ0n) is 13.7. The second-order valence-electron chi connectivity index (χ2n) is 7.98. The van der Waals surface area contributed by atoms with E-state index in [9.17, 15) is 0 Å².